The number of aliphatic hydroxyl groups is 1. The molecule has 2 atom stereocenters. The van der Waals surface area contributed by atoms with E-state index in [-0.39, 0.29) is 12.2 Å². The van der Waals surface area contributed by atoms with Gasteiger partial charge in [0.2, 0.25) is 0 Å². The number of benzene rings is 2. The van der Waals surface area contributed by atoms with Crippen LogP contribution in [0.5, 0.6) is 11.5 Å². The van der Waals surface area contributed by atoms with E-state index in [2.05, 4.69) is 26.8 Å². The molecule has 0 saturated heterocycles. The Morgan fingerprint density at radius 1 is 1.00 bits per heavy atom. The van der Waals surface area contributed by atoms with Gasteiger partial charge in [-0.15, -0.1) is 0 Å². The molecule has 2 aromatic carbocycles. The highest BCUT2D eigenvalue weighted by molar-refractivity contribution is 5.85. The SMILES string of the molecule is COc1cc(CC(=O)C(O)CC[C@@H](C)CCC=C(C)C)ccc1OCc1ccccc1. The van der Waals surface area contributed by atoms with Gasteiger partial charge < -0.3 is 14.6 Å². The van der Waals surface area contributed by atoms with Crippen LogP contribution in [0.25, 0.3) is 0 Å². The number of hydrogen-bond donors (Lipinski definition) is 1. The third-order valence-corrected chi connectivity index (χ3v) is 5.36. The number of allylic oxidation sites excluding steroid dienone is 2. The standard InChI is InChI=1S/C27H36O4/c1-20(2)9-8-10-21(3)13-15-24(28)25(29)17-23-14-16-26(27(18-23)30-4)31-19-22-11-6-5-7-12-22/h5-7,9,11-12,14,16,18,21,24,28H,8,10,13,15,17,19H2,1-4H3/t21-,24?/m0/s1. The minimum atomic E-state index is -0.925. The summed E-state index contributed by atoms with van der Waals surface area (Å²) in [4.78, 5) is 12.5. The van der Waals surface area contributed by atoms with E-state index in [0.717, 1.165) is 30.4 Å². The lowest BCUT2D eigenvalue weighted by atomic mass is 9.95. The van der Waals surface area contributed by atoms with Crippen molar-refractivity contribution in [2.75, 3.05) is 7.11 Å². The molecule has 1 unspecified atom stereocenters. The van der Waals surface area contributed by atoms with Crippen LogP contribution in [0, 0.1) is 5.92 Å². The molecular weight excluding hydrogens is 388 g/mol. The molecule has 0 aliphatic rings. The number of rotatable bonds is 13. The molecule has 2 aromatic rings. The van der Waals surface area contributed by atoms with Gasteiger partial charge in [0.1, 0.15) is 12.7 Å². The van der Waals surface area contributed by atoms with Crippen LogP contribution in [-0.2, 0) is 17.8 Å². The highest BCUT2D eigenvalue weighted by atomic mass is 16.5. The van der Waals surface area contributed by atoms with Gasteiger partial charge in [-0.3, -0.25) is 4.79 Å². The second kappa shape index (κ2) is 13.0. The number of hydrogen-bond acceptors (Lipinski definition) is 4. The van der Waals surface area contributed by atoms with Gasteiger partial charge in [-0.25, -0.2) is 0 Å². The molecule has 31 heavy (non-hydrogen) atoms. The number of carbonyl (C=O) groups is 1. The zero-order valence-corrected chi connectivity index (χ0v) is 19.3. The highest BCUT2D eigenvalue weighted by Crippen LogP contribution is 2.29. The fourth-order valence-electron chi connectivity index (χ4n) is 3.40. The number of carbonyl (C=O) groups excluding carboxylic acids is 1. The Bertz CT molecular complexity index is 838. The highest BCUT2D eigenvalue weighted by Gasteiger charge is 2.17. The van der Waals surface area contributed by atoms with Gasteiger partial charge in [0.25, 0.3) is 0 Å². The Labute approximate surface area is 186 Å². The van der Waals surface area contributed by atoms with Crippen LogP contribution in [0.2, 0.25) is 0 Å². The van der Waals surface area contributed by atoms with Crippen LogP contribution >= 0.6 is 0 Å². The molecule has 0 aliphatic heterocycles. The van der Waals surface area contributed by atoms with E-state index < -0.39 is 6.10 Å². The van der Waals surface area contributed by atoms with Crippen molar-refractivity contribution in [1.29, 1.82) is 0 Å². The predicted molar refractivity (Wildman–Crippen MR) is 126 cm³/mol. The van der Waals surface area contributed by atoms with Crippen molar-refractivity contribution in [3.05, 3.63) is 71.3 Å². The summed E-state index contributed by atoms with van der Waals surface area (Å²) in [7, 11) is 1.59. The second-order valence-electron chi connectivity index (χ2n) is 8.46. The summed E-state index contributed by atoms with van der Waals surface area (Å²) in [6.45, 7) is 6.82. The maximum atomic E-state index is 12.5. The molecule has 1 N–H and O–H groups in total. The molecule has 0 aliphatic carbocycles. The number of ketones is 1. The molecule has 0 spiro atoms. The zero-order chi connectivity index (χ0) is 22.6. The van der Waals surface area contributed by atoms with Gasteiger partial charge in [0.15, 0.2) is 17.3 Å². The number of ether oxygens (including phenoxy) is 2. The van der Waals surface area contributed by atoms with E-state index in [0.29, 0.717) is 30.4 Å². The van der Waals surface area contributed by atoms with Gasteiger partial charge in [-0.2, -0.15) is 0 Å². The van der Waals surface area contributed by atoms with Crippen LogP contribution in [0.1, 0.15) is 57.6 Å². The number of Topliss-reactive ketones (excluding diaryl/α,β-unsaturated/α-hetero) is 1. The Hall–Kier alpha value is -2.59. The molecule has 0 bridgehead atoms. The van der Waals surface area contributed by atoms with E-state index >= 15 is 0 Å². The van der Waals surface area contributed by atoms with Crippen LogP contribution in [0.15, 0.2) is 60.2 Å². The van der Waals surface area contributed by atoms with E-state index in [1.54, 1.807) is 7.11 Å². The lowest BCUT2D eigenvalue weighted by Gasteiger charge is -2.15. The molecule has 4 nitrogen and oxygen atoms in total. The third kappa shape index (κ3) is 8.97. The smallest absolute Gasteiger partial charge is 0.165 e. The second-order valence-corrected chi connectivity index (χ2v) is 8.46. The third-order valence-electron chi connectivity index (χ3n) is 5.36. The first-order chi connectivity index (χ1) is 14.9. The maximum Gasteiger partial charge on any atom is 0.165 e. The van der Waals surface area contributed by atoms with Crippen molar-refractivity contribution in [2.24, 2.45) is 5.92 Å². The summed E-state index contributed by atoms with van der Waals surface area (Å²) in [6.07, 6.45) is 4.97. The van der Waals surface area contributed by atoms with Crippen LogP contribution in [0.4, 0.5) is 0 Å². The lowest BCUT2D eigenvalue weighted by molar-refractivity contribution is -0.126. The lowest BCUT2D eigenvalue weighted by Crippen LogP contribution is -2.23. The molecule has 0 fully saturated rings. The van der Waals surface area contributed by atoms with Gasteiger partial charge >= 0.3 is 0 Å². The van der Waals surface area contributed by atoms with Crippen LogP contribution in [-0.4, -0.2) is 24.1 Å². The molecule has 0 heterocycles. The monoisotopic (exact) mass is 424 g/mol. The molecule has 0 aromatic heterocycles. The van der Waals surface area contributed by atoms with E-state index in [1.165, 1.54) is 5.57 Å². The van der Waals surface area contributed by atoms with Crippen molar-refractivity contribution in [1.82, 2.24) is 0 Å². The van der Waals surface area contributed by atoms with Gasteiger partial charge in [-0.05, 0) is 68.7 Å². The predicted octanol–water partition coefficient (Wildman–Crippen LogP) is 5.91. The fourth-order valence-corrected chi connectivity index (χ4v) is 3.40. The molecule has 4 heteroatoms. The molecule has 0 amide bonds. The summed E-state index contributed by atoms with van der Waals surface area (Å²) in [5, 5.41) is 10.3. The minimum absolute atomic E-state index is 0.156. The van der Waals surface area contributed by atoms with E-state index in [1.807, 2.05) is 48.5 Å². The molecular formula is C27H36O4. The maximum absolute atomic E-state index is 12.5. The molecule has 2 rings (SSSR count). The largest absolute Gasteiger partial charge is 0.493 e. The normalized spacial score (nSPS) is 12.7. The summed E-state index contributed by atoms with van der Waals surface area (Å²) < 4.78 is 11.3. The number of aliphatic hydroxyl groups excluding tert-OH is 1. The fraction of sp³-hybridized carbons (Fsp3) is 0.444. The van der Waals surface area contributed by atoms with Gasteiger partial charge in [0, 0.05) is 6.42 Å². The van der Waals surface area contributed by atoms with Crippen molar-refractivity contribution in [2.45, 2.75) is 65.6 Å². The Kier molecular flexibility index (Phi) is 10.3. The summed E-state index contributed by atoms with van der Waals surface area (Å²) in [5.41, 5.74) is 3.21. The Balaban J connectivity index is 1.85. The zero-order valence-electron chi connectivity index (χ0n) is 19.3. The summed E-state index contributed by atoms with van der Waals surface area (Å²) >= 11 is 0. The first-order valence-corrected chi connectivity index (χ1v) is 11.1. The van der Waals surface area contributed by atoms with Gasteiger partial charge in [0.05, 0.1) is 7.11 Å². The molecule has 168 valence electrons. The van der Waals surface area contributed by atoms with Crippen LogP contribution < -0.4 is 9.47 Å². The van der Waals surface area contributed by atoms with Gasteiger partial charge in [-0.1, -0.05) is 55.0 Å². The van der Waals surface area contributed by atoms with Crippen molar-refractivity contribution in [3.8, 4) is 11.5 Å². The Morgan fingerprint density at radius 2 is 1.74 bits per heavy atom. The van der Waals surface area contributed by atoms with E-state index in [9.17, 15) is 9.90 Å². The van der Waals surface area contributed by atoms with Crippen molar-refractivity contribution in [3.63, 3.8) is 0 Å². The first-order valence-electron chi connectivity index (χ1n) is 11.1. The summed E-state index contributed by atoms with van der Waals surface area (Å²) in [6, 6.07) is 15.4. The van der Waals surface area contributed by atoms with Crippen molar-refractivity contribution >= 4 is 5.78 Å². The average molecular weight is 425 g/mol. The number of methoxy groups -OCH3 is 1. The minimum Gasteiger partial charge on any atom is -0.493 e. The first kappa shape index (κ1) is 24.7. The molecule has 0 saturated carbocycles. The molecule has 0 radical (unpaired) electrons. The Morgan fingerprint density at radius 3 is 2.42 bits per heavy atom. The summed E-state index contributed by atoms with van der Waals surface area (Å²) in [5.74, 6) is 1.55. The van der Waals surface area contributed by atoms with Crippen LogP contribution in [0.3, 0.4) is 0 Å². The topological polar surface area (TPSA) is 55.8 Å². The van der Waals surface area contributed by atoms with Crippen molar-refractivity contribution < 1.29 is 19.4 Å². The quantitative estimate of drug-likeness (QED) is 0.406. The average Bonchev–Trinajstić information content (AvgIpc) is 2.76. The van der Waals surface area contributed by atoms with E-state index in [4.69, 9.17) is 9.47 Å².